The summed E-state index contributed by atoms with van der Waals surface area (Å²) in [5, 5.41) is 16.3. The highest BCUT2D eigenvalue weighted by Gasteiger charge is 2.26. The first-order valence-corrected chi connectivity index (χ1v) is 10.3. The number of nitrogens with zero attached hydrogens (tertiary/aromatic N) is 5. The third-order valence-electron chi connectivity index (χ3n) is 4.49. The van der Waals surface area contributed by atoms with Crippen molar-refractivity contribution in [1.82, 2.24) is 24.7 Å². The van der Waals surface area contributed by atoms with E-state index >= 15 is 0 Å². The molecule has 0 saturated heterocycles. The van der Waals surface area contributed by atoms with Gasteiger partial charge in [0.25, 0.3) is 12.4 Å². The second-order valence-electron chi connectivity index (χ2n) is 7.15. The minimum Gasteiger partial charge on any atom is -0.483 e. The molecule has 0 aliphatic carbocycles. The van der Waals surface area contributed by atoms with E-state index in [0.29, 0.717) is 28.3 Å². The summed E-state index contributed by atoms with van der Waals surface area (Å²) in [4.78, 5) is 33.8. The lowest BCUT2D eigenvalue weighted by molar-refractivity contribution is -0.123. The molecule has 186 valence electrons. The van der Waals surface area contributed by atoms with Crippen molar-refractivity contribution in [2.75, 3.05) is 17.2 Å². The molecule has 4 heterocycles. The molecule has 36 heavy (non-hydrogen) atoms. The van der Waals surface area contributed by atoms with Crippen molar-refractivity contribution in [3.63, 3.8) is 0 Å². The number of pyridine rings is 3. The number of alkyl halides is 3. The third kappa shape index (κ3) is 7.09. The second-order valence-corrected chi connectivity index (χ2v) is 7.15. The number of anilines is 2. The Balaban J connectivity index is 0.00000115. The van der Waals surface area contributed by atoms with E-state index in [1.54, 1.807) is 60.5 Å². The van der Waals surface area contributed by atoms with Crippen LogP contribution in [0.25, 0.3) is 22.6 Å². The predicted molar refractivity (Wildman–Crippen MR) is 125 cm³/mol. The average Bonchev–Trinajstić information content (AvgIpc) is 3.23. The van der Waals surface area contributed by atoms with Crippen LogP contribution in [0.5, 0.6) is 0 Å². The van der Waals surface area contributed by atoms with Crippen molar-refractivity contribution in [3.8, 4) is 22.6 Å². The quantitative estimate of drug-likeness (QED) is 0.341. The minimum atomic E-state index is -4.37. The zero-order valence-electron chi connectivity index (χ0n) is 18.8. The molecule has 13 heteroatoms. The largest absolute Gasteiger partial charge is 0.483 e. The van der Waals surface area contributed by atoms with Gasteiger partial charge in [0, 0.05) is 31.2 Å². The fraction of sp³-hybridized carbons (Fsp3) is 0.130. The normalized spacial score (nSPS) is 10.7. The molecule has 0 unspecified atom stereocenters. The molecule has 10 nitrogen and oxygen atoms in total. The number of carbonyl (C=O) groups excluding carboxylic acids is 1. The minimum absolute atomic E-state index is 0.0526. The lowest BCUT2D eigenvalue weighted by atomic mass is 10.1. The number of halogens is 3. The van der Waals surface area contributed by atoms with Gasteiger partial charge in [-0.2, -0.15) is 18.3 Å². The van der Waals surface area contributed by atoms with Crippen LogP contribution in [0.1, 0.15) is 10.5 Å². The van der Waals surface area contributed by atoms with Gasteiger partial charge in [0.15, 0.2) is 0 Å². The van der Waals surface area contributed by atoms with E-state index in [-0.39, 0.29) is 18.0 Å². The van der Waals surface area contributed by atoms with Crippen LogP contribution < -0.4 is 10.6 Å². The van der Waals surface area contributed by atoms with Gasteiger partial charge in [-0.25, -0.2) is 9.97 Å². The van der Waals surface area contributed by atoms with E-state index in [9.17, 15) is 18.0 Å². The van der Waals surface area contributed by atoms with Crippen molar-refractivity contribution in [2.45, 2.75) is 6.18 Å². The molecule has 0 saturated carbocycles. The molecule has 0 atom stereocenters. The van der Waals surface area contributed by atoms with Crippen molar-refractivity contribution in [1.29, 1.82) is 0 Å². The number of hydrogen-bond donors (Lipinski definition) is 3. The maximum absolute atomic E-state index is 12.9. The van der Waals surface area contributed by atoms with Crippen molar-refractivity contribution < 1.29 is 27.9 Å². The van der Waals surface area contributed by atoms with Crippen LogP contribution in [0.4, 0.5) is 24.7 Å². The Hall–Kier alpha value is -4.81. The van der Waals surface area contributed by atoms with Crippen LogP contribution >= 0.6 is 0 Å². The van der Waals surface area contributed by atoms with Crippen LogP contribution in [0.2, 0.25) is 0 Å². The van der Waals surface area contributed by atoms with Crippen LogP contribution in [-0.4, -0.2) is 54.9 Å². The fourth-order valence-electron chi connectivity index (χ4n) is 3.06. The van der Waals surface area contributed by atoms with Crippen molar-refractivity contribution in [3.05, 3.63) is 72.8 Å². The molecule has 3 N–H and O–H groups in total. The lowest BCUT2D eigenvalue weighted by Crippen LogP contribution is -2.21. The van der Waals surface area contributed by atoms with E-state index in [2.05, 4.69) is 30.7 Å². The highest BCUT2D eigenvalue weighted by atomic mass is 19.4. The summed E-state index contributed by atoms with van der Waals surface area (Å²) in [7, 11) is 1.73. The molecular weight excluding hydrogens is 479 g/mol. The van der Waals surface area contributed by atoms with Crippen molar-refractivity contribution >= 4 is 23.9 Å². The SMILES string of the molecule is Cn1cc(NC(=O)c2cccc(-c3ccnc(NCC(F)(F)F)c3)n2)c(-c2ccccn2)n1.O=CO. The zero-order valence-corrected chi connectivity index (χ0v) is 18.8. The van der Waals surface area contributed by atoms with Gasteiger partial charge < -0.3 is 15.7 Å². The summed E-state index contributed by atoms with van der Waals surface area (Å²) in [6, 6.07) is 13.3. The molecule has 4 rings (SSSR count). The molecule has 0 aliphatic heterocycles. The monoisotopic (exact) mass is 499 g/mol. The van der Waals surface area contributed by atoms with Gasteiger partial charge in [-0.1, -0.05) is 12.1 Å². The number of aromatic nitrogens is 5. The standard InChI is InChI=1S/C22H18F3N7O.CH2O2/c1-32-12-18(20(31-32)16-5-2-3-9-26-16)30-21(33)17-7-4-6-15(29-17)14-8-10-27-19(11-14)28-13-22(23,24)25;2-1-3/h2-12H,13H2,1H3,(H,27,28)(H,30,33);1H,(H,2,3). The second kappa shape index (κ2) is 11.6. The van der Waals surface area contributed by atoms with Crippen molar-refractivity contribution in [2.24, 2.45) is 7.05 Å². The average molecular weight is 499 g/mol. The summed E-state index contributed by atoms with van der Waals surface area (Å²) in [5.74, 6) is -0.414. The third-order valence-corrected chi connectivity index (χ3v) is 4.49. The molecule has 0 aliphatic rings. The van der Waals surface area contributed by atoms with Crippen LogP contribution in [-0.2, 0) is 11.8 Å². The smallest absolute Gasteiger partial charge is 0.405 e. The van der Waals surface area contributed by atoms with E-state index in [4.69, 9.17) is 9.90 Å². The van der Waals surface area contributed by atoms with E-state index in [1.807, 2.05) is 6.07 Å². The first kappa shape index (κ1) is 25.8. The Morgan fingerprint density at radius 3 is 2.53 bits per heavy atom. The Bertz CT molecular complexity index is 1330. The number of hydrogen-bond acceptors (Lipinski definition) is 7. The summed E-state index contributed by atoms with van der Waals surface area (Å²) >= 11 is 0. The Morgan fingerprint density at radius 2 is 1.83 bits per heavy atom. The number of amides is 1. The molecule has 4 aromatic heterocycles. The molecule has 4 aromatic rings. The molecule has 1 amide bonds. The van der Waals surface area contributed by atoms with Gasteiger partial charge in [-0.05, 0) is 36.4 Å². The van der Waals surface area contributed by atoms with Crippen LogP contribution in [0.15, 0.2) is 67.1 Å². The predicted octanol–water partition coefficient (Wildman–Crippen LogP) is 3.87. The molecule has 0 bridgehead atoms. The van der Waals surface area contributed by atoms with E-state index in [0.717, 1.165) is 0 Å². The van der Waals surface area contributed by atoms with Gasteiger partial charge in [0.1, 0.15) is 23.8 Å². The summed E-state index contributed by atoms with van der Waals surface area (Å²) in [6.45, 7) is -1.46. The molecular formula is C23H20F3N7O3. The maximum Gasteiger partial charge on any atom is 0.405 e. The number of carboxylic acid groups (broad SMARTS) is 1. The number of aryl methyl sites for hydroxylation is 1. The van der Waals surface area contributed by atoms with Gasteiger partial charge in [-0.15, -0.1) is 0 Å². The Kier molecular flexibility index (Phi) is 8.28. The summed E-state index contributed by atoms with van der Waals surface area (Å²) in [6.07, 6.45) is 0.298. The number of nitrogens with one attached hydrogen (secondary N) is 2. The number of rotatable bonds is 6. The van der Waals surface area contributed by atoms with Gasteiger partial charge in [0.05, 0.1) is 17.1 Å². The summed E-state index contributed by atoms with van der Waals surface area (Å²) < 4.78 is 39.0. The molecule has 0 aromatic carbocycles. The van der Waals surface area contributed by atoms with E-state index < -0.39 is 18.6 Å². The fourth-order valence-corrected chi connectivity index (χ4v) is 3.06. The topological polar surface area (TPSA) is 135 Å². The van der Waals surface area contributed by atoms with Crippen LogP contribution in [0.3, 0.4) is 0 Å². The van der Waals surface area contributed by atoms with E-state index in [1.165, 1.54) is 12.3 Å². The van der Waals surface area contributed by atoms with Gasteiger partial charge >= 0.3 is 6.18 Å². The molecule has 0 radical (unpaired) electrons. The first-order chi connectivity index (χ1) is 17.2. The molecule has 0 fully saturated rings. The zero-order chi connectivity index (χ0) is 26.1. The number of carbonyl (C=O) groups is 2. The highest BCUT2D eigenvalue weighted by molar-refractivity contribution is 6.04. The van der Waals surface area contributed by atoms with Gasteiger partial charge in [0.2, 0.25) is 0 Å². The maximum atomic E-state index is 12.9. The first-order valence-electron chi connectivity index (χ1n) is 10.3. The Morgan fingerprint density at radius 1 is 1.08 bits per heavy atom. The lowest BCUT2D eigenvalue weighted by Gasteiger charge is -2.10. The van der Waals surface area contributed by atoms with Gasteiger partial charge in [-0.3, -0.25) is 19.3 Å². The highest BCUT2D eigenvalue weighted by Crippen LogP contribution is 2.25. The molecule has 0 spiro atoms. The Labute approximate surface area is 202 Å². The van der Waals surface area contributed by atoms with Crippen LogP contribution in [0, 0.1) is 0 Å². The summed E-state index contributed by atoms with van der Waals surface area (Å²) in [5.41, 5.74) is 2.64.